The minimum atomic E-state index is 0.00316. The summed E-state index contributed by atoms with van der Waals surface area (Å²) in [6, 6.07) is 31.4. The van der Waals surface area contributed by atoms with Gasteiger partial charge < -0.3 is 42.6 Å². The summed E-state index contributed by atoms with van der Waals surface area (Å²) in [5.74, 6) is 5.85. The van der Waals surface area contributed by atoms with Crippen LogP contribution in [-0.4, -0.2) is 41.7 Å². The van der Waals surface area contributed by atoms with Gasteiger partial charge in [-0.05, 0) is 178 Å². The second-order valence-electron chi connectivity index (χ2n) is 14.9. The molecular formula is C48H42O9. The lowest BCUT2D eigenvalue weighted by atomic mass is 9.94. The molecule has 20 rings (SSSR count). The topological polar surface area (TPSA) is 83.1 Å². The van der Waals surface area contributed by atoms with Gasteiger partial charge in [-0.25, -0.2) is 0 Å². The molecule has 0 radical (unpaired) electrons. The smallest absolute Gasteiger partial charge is 0.231 e. The first-order chi connectivity index (χ1) is 28.0. The van der Waals surface area contributed by atoms with E-state index < -0.39 is 0 Å². The van der Waals surface area contributed by atoms with E-state index in [4.69, 9.17) is 42.6 Å². The Kier molecular flexibility index (Phi) is 8.92. The summed E-state index contributed by atoms with van der Waals surface area (Å²) < 4.78 is 56.1. The van der Waals surface area contributed by atoms with E-state index in [1.165, 1.54) is 33.4 Å². The summed E-state index contributed by atoms with van der Waals surface area (Å²) in [5.41, 5.74) is 13.7. The third-order valence-corrected chi connectivity index (χ3v) is 11.6. The highest BCUT2D eigenvalue weighted by molar-refractivity contribution is 5.58. The molecular weight excluding hydrogens is 721 g/mol. The van der Waals surface area contributed by atoms with Crippen molar-refractivity contribution in [3.05, 3.63) is 158 Å². The number of hydrogen-bond donors (Lipinski definition) is 0. The molecule has 0 N–H and O–H groups in total. The van der Waals surface area contributed by atoms with Gasteiger partial charge in [0.1, 0.15) is 17.2 Å². The molecule has 0 fully saturated rings. The minimum Gasteiger partial charge on any atom is -0.493 e. The molecule has 6 aromatic rings. The van der Waals surface area contributed by atoms with Crippen molar-refractivity contribution in [1.29, 1.82) is 0 Å². The molecule has 0 saturated carbocycles. The number of ether oxygens (including phenoxy) is 9. The van der Waals surface area contributed by atoms with Crippen molar-refractivity contribution in [2.45, 2.75) is 38.5 Å². The molecule has 18 bridgehead atoms. The molecule has 12 aliphatic heterocycles. The van der Waals surface area contributed by atoms with E-state index in [1.54, 1.807) is 21.3 Å². The van der Waals surface area contributed by atoms with Crippen LogP contribution in [-0.2, 0) is 38.5 Å². The van der Waals surface area contributed by atoms with E-state index in [2.05, 4.69) is 72.8 Å². The van der Waals surface area contributed by atoms with Crippen LogP contribution >= 0.6 is 0 Å². The highest BCUT2D eigenvalue weighted by Gasteiger charge is 2.24. The average molecular weight is 763 g/mol. The molecule has 9 nitrogen and oxygen atoms in total. The van der Waals surface area contributed by atoms with Gasteiger partial charge in [0.25, 0.3) is 0 Å². The molecule has 0 saturated heterocycles. The van der Waals surface area contributed by atoms with E-state index in [0.717, 1.165) is 69.9 Å². The number of hydrogen-bond acceptors (Lipinski definition) is 9. The third-order valence-electron chi connectivity index (χ3n) is 11.6. The summed E-state index contributed by atoms with van der Waals surface area (Å²) in [6.45, 7) is 0.00949. The molecule has 12 heterocycles. The first-order valence-corrected chi connectivity index (χ1v) is 19.2. The van der Waals surface area contributed by atoms with E-state index in [9.17, 15) is 0 Å². The van der Waals surface area contributed by atoms with Gasteiger partial charge in [0.15, 0.2) is 34.5 Å². The predicted molar refractivity (Wildman–Crippen MR) is 214 cm³/mol. The Bertz CT molecular complexity index is 2260. The Hall–Kier alpha value is -6.48. The second kappa shape index (κ2) is 14.5. The van der Waals surface area contributed by atoms with Crippen LogP contribution in [0.5, 0.6) is 51.7 Å². The molecule has 0 unspecified atom stereocenters. The van der Waals surface area contributed by atoms with Gasteiger partial charge in [-0.2, -0.15) is 0 Å². The monoisotopic (exact) mass is 762 g/mol. The lowest BCUT2D eigenvalue weighted by Gasteiger charge is -2.19. The predicted octanol–water partition coefficient (Wildman–Crippen LogP) is 8.76. The lowest BCUT2D eigenvalue weighted by molar-refractivity contribution is 0.115. The third kappa shape index (κ3) is 6.77. The Morgan fingerprint density at radius 3 is 0.860 bits per heavy atom. The van der Waals surface area contributed by atoms with Gasteiger partial charge >= 0.3 is 0 Å². The fourth-order valence-corrected chi connectivity index (χ4v) is 8.54. The van der Waals surface area contributed by atoms with Crippen LogP contribution in [0, 0.1) is 0 Å². The molecule has 0 amide bonds. The van der Waals surface area contributed by atoms with E-state index in [1.807, 2.05) is 18.2 Å². The molecule has 0 spiro atoms. The summed E-state index contributed by atoms with van der Waals surface area (Å²) in [7, 11) is 5.00. The Labute approximate surface area is 331 Å². The second-order valence-corrected chi connectivity index (χ2v) is 14.9. The van der Waals surface area contributed by atoms with Crippen LogP contribution in [0.3, 0.4) is 0 Å². The molecule has 0 aromatic heterocycles. The molecule has 6 aromatic carbocycles. The maximum atomic E-state index is 6.40. The molecule has 2 aliphatic carbocycles. The minimum absolute atomic E-state index is 0.00316. The Morgan fingerprint density at radius 1 is 0.298 bits per heavy atom. The summed E-state index contributed by atoms with van der Waals surface area (Å²) >= 11 is 0. The van der Waals surface area contributed by atoms with Crippen LogP contribution in [0.2, 0.25) is 0 Å². The van der Waals surface area contributed by atoms with Crippen molar-refractivity contribution in [3.8, 4) is 51.7 Å². The zero-order valence-corrected chi connectivity index (χ0v) is 32.2. The normalized spacial score (nSPS) is 14.8. The SMILES string of the molecule is COc1cc2c3cc1OCOc1ccc4c(c1)Cc1ccc5cc1Cc1ccc(cc1C4)OCOc1cc(c(cc1OC)C3)Cc1cc(OC)c(cc1C2)OCO5. The maximum Gasteiger partial charge on any atom is 0.231 e. The van der Waals surface area contributed by atoms with Gasteiger partial charge in [0.05, 0.1) is 21.3 Å². The van der Waals surface area contributed by atoms with Crippen LogP contribution in [0.1, 0.15) is 66.8 Å². The maximum absolute atomic E-state index is 6.40. The molecule has 14 aliphatic rings. The molecule has 9 heteroatoms. The van der Waals surface area contributed by atoms with Crippen LogP contribution in [0.25, 0.3) is 0 Å². The Balaban J connectivity index is 1.21. The highest BCUT2D eigenvalue weighted by atomic mass is 16.7. The first-order valence-electron chi connectivity index (χ1n) is 19.2. The van der Waals surface area contributed by atoms with E-state index in [0.29, 0.717) is 53.8 Å². The highest BCUT2D eigenvalue weighted by Crippen LogP contribution is 2.42. The van der Waals surface area contributed by atoms with Crippen molar-refractivity contribution >= 4 is 0 Å². The zero-order chi connectivity index (χ0) is 38.5. The van der Waals surface area contributed by atoms with Gasteiger partial charge in [-0.1, -0.05) is 18.2 Å². The standard InChI is InChI=1S/C48H42O9/c1-49-43-19-34-13-38-23-47-45(51-3)21-36(38)15-39-24-48-44(50-2)20-35(39)14-37(34)22-46(43)55-25-52-40-7-4-28-11-32-17-42(54-27-57-48)9-6-30(32)12-33-18-41(53-26-56-47)8-5-29(33)10-31(28)16-40/h4-9,16-24H,10-15,25-27H2,1-3H3. The average Bonchev–Trinajstić information content (AvgIpc) is 3.32. The van der Waals surface area contributed by atoms with Crippen LogP contribution < -0.4 is 42.6 Å². The summed E-state index contributed by atoms with van der Waals surface area (Å²) in [4.78, 5) is 0. The van der Waals surface area contributed by atoms with Gasteiger partial charge in [0, 0.05) is 0 Å². The number of methoxy groups -OCH3 is 3. The number of rotatable bonds is 3. The van der Waals surface area contributed by atoms with Crippen molar-refractivity contribution in [3.63, 3.8) is 0 Å². The number of benzene rings is 6. The first kappa shape index (κ1) is 35.0. The lowest BCUT2D eigenvalue weighted by Crippen LogP contribution is -2.10. The fourth-order valence-electron chi connectivity index (χ4n) is 8.54. The quantitative estimate of drug-likeness (QED) is 0.176. The van der Waals surface area contributed by atoms with Crippen LogP contribution in [0.15, 0.2) is 91.0 Å². The van der Waals surface area contributed by atoms with Crippen LogP contribution in [0.4, 0.5) is 0 Å². The van der Waals surface area contributed by atoms with Crippen molar-refractivity contribution < 1.29 is 42.6 Å². The molecule has 57 heavy (non-hydrogen) atoms. The summed E-state index contributed by atoms with van der Waals surface area (Å²) in [6.07, 6.45) is 4.00. The van der Waals surface area contributed by atoms with E-state index >= 15 is 0 Å². The van der Waals surface area contributed by atoms with E-state index in [-0.39, 0.29) is 20.4 Å². The molecule has 0 atom stereocenters. The van der Waals surface area contributed by atoms with Crippen molar-refractivity contribution in [2.24, 2.45) is 0 Å². The Morgan fingerprint density at radius 2 is 0.561 bits per heavy atom. The molecule has 288 valence electrons. The fraction of sp³-hybridized carbons (Fsp3) is 0.250. The summed E-state index contributed by atoms with van der Waals surface area (Å²) in [5, 5.41) is 0. The largest absolute Gasteiger partial charge is 0.493 e. The van der Waals surface area contributed by atoms with Gasteiger partial charge in [0.2, 0.25) is 20.4 Å². The van der Waals surface area contributed by atoms with Crippen molar-refractivity contribution in [1.82, 2.24) is 0 Å². The van der Waals surface area contributed by atoms with Gasteiger partial charge in [-0.3, -0.25) is 0 Å². The van der Waals surface area contributed by atoms with Crippen molar-refractivity contribution in [2.75, 3.05) is 41.7 Å². The van der Waals surface area contributed by atoms with Gasteiger partial charge in [-0.15, -0.1) is 0 Å². The zero-order valence-electron chi connectivity index (χ0n) is 32.2.